The number of alkyl halides is 1. The van der Waals surface area contributed by atoms with Gasteiger partial charge in [0.05, 0.1) is 29.2 Å². The molecule has 0 spiro atoms. The van der Waals surface area contributed by atoms with Crippen LogP contribution in [0, 0.1) is 0 Å². The SMILES string of the molecule is COCCn1c(C(C)Cl)nc2cnc3ccccc3c21. The average molecular weight is 290 g/mol. The Morgan fingerprint density at radius 2 is 2.10 bits per heavy atom. The van der Waals surface area contributed by atoms with Crippen LogP contribution < -0.4 is 0 Å². The molecule has 2 heterocycles. The van der Waals surface area contributed by atoms with Gasteiger partial charge in [-0.05, 0) is 13.0 Å². The molecule has 0 aliphatic rings. The van der Waals surface area contributed by atoms with Gasteiger partial charge in [-0.15, -0.1) is 11.6 Å². The van der Waals surface area contributed by atoms with Gasteiger partial charge < -0.3 is 9.30 Å². The lowest BCUT2D eigenvalue weighted by Crippen LogP contribution is -2.09. The molecule has 0 saturated heterocycles. The minimum absolute atomic E-state index is 0.155. The molecule has 0 bridgehead atoms. The standard InChI is InChI=1S/C15H16ClN3O/c1-10(16)15-18-13-9-17-12-6-4-3-5-11(12)14(13)19(15)7-8-20-2/h3-6,9-10H,7-8H2,1-2H3. The zero-order valence-electron chi connectivity index (χ0n) is 11.5. The summed E-state index contributed by atoms with van der Waals surface area (Å²) in [6, 6.07) is 8.08. The van der Waals surface area contributed by atoms with Crippen molar-refractivity contribution in [1.29, 1.82) is 0 Å². The molecular weight excluding hydrogens is 274 g/mol. The first kappa shape index (κ1) is 13.3. The number of hydrogen-bond acceptors (Lipinski definition) is 3. The van der Waals surface area contributed by atoms with E-state index in [4.69, 9.17) is 16.3 Å². The molecule has 1 aromatic carbocycles. The first-order valence-electron chi connectivity index (χ1n) is 6.59. The fourth-order valence-corrected chi connectivity index (χ4v) is 2.66. The number of hydrogen-bond donors (Lipinski definition) is 0. The summed E-state index contributed by atoms with van der Waals surface area (Å²) in [6.45, 7) is 3.29. The predicted molar refractivity (Wildman–Crippen MR) is 81.2 cm³/mol. The molecule has 0 radical (unpaired) electrons. The lowest BCUT2D eigenvalue weighted by molar-refractivity contribution is 0.187. The first-order chi connectivity index (χ1) is 9.72. The number of ether oxygens (including phenoxy) is 1. The smallest absolute Gasteiger partial charge is 0.127 e. The predicted octanol–water partition coefficient (Wildman–Crippen LogP) is 3.53. The van der Waals surface area contributed by atoms with Gasteiger partial charge in [0.25, 0.3) is 0 Å². The maximum atomic E-state index is 6.27. The van der Waals surface area contributed by atoms with E-state index in [2.05, 4.69) is 20.6 Å². The van der Waals surface area contributed by atoms with Crippen LogP contribution in [0.1, 0.15) is 18.1 Å². The number of benzene rings is 1. The molecule has 0 aliphatic heterocycles. The molecule has 0 aliphatic carbocycles. The molecule has 1 atom stereocenters. The van der Waals surface area contributed by atoms with Gasteiger partial charge in [0.15, 0.2) is 0 Å². The van der Waals surface area contributed by atoms with Crippen LogP contribution in [0.5, 0.6) is 0 Å². The minimum Gasteiger partial charge on any atom is -0.383 e. The molecule has 3 rings (SSSR count). The summed E-state index contributed by atoms with van der Waals surface area (Å²) in [5.41, 5.74) is 2.92. The number of para-hydroxylation sites is 1. The zero-order valence-corrected chi connectivity index (χ0v) is 12.3. The van der Waals surface area contributed by atoms with Crippen molar-refractivity contribution in [2.45, 2.75) is 18.8 Å². The molecule has 0 N–H and O–H groups in total. The Morgan fingerprint density at radius 1 is 1.30 bits per heavy atom. The second-order valence-corrected chi connectivity index (χ2v) is 5.39. The monoisotopic (exact) mass is 289 g/mol. The van der Waals surface area contributed by atoms with Gasteiger partial charge in [0.2, 0.25) is 0 Å². The van der Waals surface area contributed by atoms with Crippen molar-refractivity contribution in [3.05, 3.63) is 36.3 Å². The second-order valence-electron chi connectivity index (χ2n) is 4.74. The molecule has 3 aromatic rings. The second kappa shape index (κ2) is 5.38. The van der Waals surface area contributed by atoms with Gasteiger partial charge in [-0.3, -0.25) is 4.98 Å². The van der Waals surface area contributed by atoms with Crippen molar-refractivity contribution in [2.75, 3.05) is 13.7 Å². The van der Waals surface area contributed by atoms with Crippen LogP contribution in [0.3, 0.4) is 0 Å². The first-order valence-corrected chi connectivity index (χ1v) is 7.03. The Labute approximate surface area is 122 Å². The van der Waals surface area contributed by atoms with Gasteiger partial charge >= 0.3 is 0 Å². The van der Waals surface area contributed by atoms with Crippen molar-refractivity contribution >= 4 is 33.5 Å². The van der Waals surface area contributed by atoms with E-state index in [1.807, 2.05) is 31.3 Å². The van der Waals surface area contributed by atoms with Crippen LogP contribution in [0.15, 0.2) is 30.5 Å². The quantitative estimate of drug-likeness (QED) is 0.690. The number of rotatable bonds is 4. The van der Waals surface area contributed by atoms with E-state index in [9.17, 15) is 0 Å². The summed E-state index contributed by atoms with van der Waals surface area (Å²) < 4.78 is 7.34. The van der Waals surface area contributed by atoms with Crippen LogP contribution in [0.2, 0.25) is 0 Å². The van der Waals surface area contributed by atoms with Gasteiger partial charge in [-0.25, -0.2) is 4.98 Å². The lowest BCUT2D eigenvalue weighted by atomic mass is 10.2. The van der Waals surface area contributed by atoms with E-state index in [1.165, 1.54) is 0 Å². The molecule has 0 saturated carbocycles. The Hall–Kier alpha value is -1.65. The van der Waals surface area contributed by atoms with Crippen LogP contribution in [0.25, 0.3) is 21.9 Å². The molecule has 4 nitrogen and oxygen atoms in total. The van der Waals surface area contributed by atoms with Gasteiger partial charge in [0, 0.05) is 19.0 Å². The van der Waals surface area contributed by atoms with Gasteiger partial charge in [-0.2, -0.15) is 0 Å². The topological polar surface area (TPSA) is 39.9 Å². The number of methoxy groups -OCH3 is 1. The van der Waals surface area contributed by atoms with Crippen molar-refractivity contribution in [2.24, 2.45) is 0 Å². The summed E-state index contributed by atoms with van der Waals surface area (Å²) in [6.07, 6.45) is 1.81. The minimum atomic E-state index is -0.155. The van der Waals surface area contributed by atoms with E-state index in [0.29, 0.717) is 6.61 Å². The molecular formula is C15H16ClN3O. The highest BCUT2D eigenvalue weighted by Crippen LogP contribution is 2.28. The maximum Gasteiger partial charge on any atom is 0.127 e. The number of pyridine rings is 1. The number of nitrogens with zero attached hydrogens (tertiary/aromatic N) is 3. The van der Waals surface area contributed by atoms with E-state index < -0.39 is 0 Å². The molecule has 104 valence electrons. The van der Waals surface area contributed by atoms with E-state index in [1.54, 1.807) is 7.11 Å². The summed E-state index contributed by atoms with van der Waals surface area (Å²) in [5.74, 6) is 0.858. The fourth-order valence-electron chi connectivity index (χ4n) is 2.49. The highest BCUT2D eigenvalue weighted by molar-refractivity contribution is 6.20. The third kappa shape index (κ3) is 2.15. The Kier molecular flexibility index (Phi) is 3.59. The van der Waals surface area contributed by atoms with Crippen LogP contribution >= 0.6 is 11.6 Å². The third-order valence-electron chi connectivity index (χ3n) is 3.38. The highest BCUT2D eigenvalue weighted by atomic mass is 35.5. The summed E-state index contributed by atoms with van der Waals surface area (Å²) in [5, 5.41) is 0.940. The van der Waals surface area contributed by atoms with Gasteiger partial charge in [-0.1, -0.05) is 18.2 Å². The van der Waals surface area contributed by atoms with E-state index in [-0.39, 0.29) is 5.38 Å². The third-order valence-corrected chi connectivity index (χ3v) is 3.58. The molecule has 1 unspecified atom stereocenters. The van der Waals surface area contributed by atoms with Crippen molar-refractivity contribution in [3.63, 3.8) is 0 Å². The fraction of sp³-hybridized carbons (Fsp3) is 0.333. The number of halogens is 1. The van der Waals surface area contributed by atoms with Crippen molar-refractivity contribution in [1.82, 2.24) is 14.5 Å². The van der Waals surface area contributed by atoms with E-state index >= 15 is 0 Å². The molecule has 0 amide bonds. The molecule has 2 aromatic heterocycles. The summed E-state index contributed by atoms with van der Waals surface area (Å²) in [7, 11) is 1.70. The van der Waals surface area contributed by atoms with Gasteiger partial charge in [0.1, 0.15) is 11.3 Å². The largest absolute Gasteiger partial charge is 0.383 e. The van der Waals surface area contributed by atoms with Crippen LogP contribution in [0.4, 0.5) is 0 Å². The van der Waals surface area contributed by atoms with E-state index in [0.717, 1.165) is 34.3 Å². The number of aromatic nitrogens is 3. The summed E-state index contributed by atoms with van der Waals surface area (Å²) in [4.78, 5) is 9.08. The normalized spacial score (nSPS) is 13.2. The van der Waals surface area contributed by atoms with Crippen molar-refractivity contribution in [3.8, 4) is 0 Å². The maximum absolute atomic E-state index is 6.27. The molecule has 20 heavy (non-hydrogen) atoms. The summed E-state index contributed by atoms with van der Waals surface area (Å²) >= 11 is 6.27. The highest BCUT2D eigenvalue weighted by Gasteiger charge is 2.17. The van der Waals surface area contributed by atoms with Crippen LogP contribution in [-0.2, 0) is 11.3 Å². The lowest BCUT2D eigenvalue weighted by Gasteiger charge is -2.10. The van der Waals surface area contributed by atoms with Crippen molar-refractivity contribution < 1.29 is 4.74 Å². The Bertz CT molecular complexity index is 751. The number of imidazole rings is 1. The Balaban J connectivity index is 2.33. The average Bonchev–Trinajstić information content (AvgIpc) is 2.84. The van der Waals surface area contributed by atoms with Crippen LogP contribution in [-0.4, -0.2) is 28.3 Å². The molecule has 0 fully saturated rings. The Morgan fingerprint density at radius 3 is 2.85 bits per heavy atom. The zero-order chi connectivity index (χ0) is 14.1. The molecule has 5 heteroatoms. The number of fused-ring (bicyclic) bond motifs is 3.